The van der Waals surface area contributed by atoms with Crippen LogP contribution in [0.1, 0.15) is 68.8 Å². The summed E-state index contributed by atoms with van der Waals surface area (Å²) >= 11 is 0. The van der Waals surface area contributed by atoms with E-state index in [1.807, 2.05) is 7.05 Å². The molecule has 0 bridgehead atoms. The average Bonchev–Trinajstić information content (AvgIpc) is 3.05. The third kappa shape index (κ3) is 5.68. The Morgan fingerprint density at radius 2 is 1.81 bits per heavy atom. The lowest BCUT2D eigenvalue weighted by atomic mass is 9.72. The highest BCUT2D eigenvalue weighted by atomic mass is 16.7. The number of rotatable bonds is 7. The number of likely N-dealkylation sites (N-methyl/N-ethyl adjacent to an activating group) is 1. The largest absolute Gasteiger partial charge is 0.507 e. The van der Waals surface area contributed by atoms with Crippen molar-refractivity contribution in [2.45, 2.75) is 62.4 Å². The molecular formula is C33H39N3O11. The minimum atomic E-state index is -2.26. The van der Waals surface area contributed by atoms with Crippen molar-refractivity contribution in [3.63, 3.8) is 0 Å². The van der Waals surface area contributed by atoms with Gasteiger partial charge in [0.05, 0.1) is 48.4 Å². The summed E-state index contributed by atoms with van der Waals surface area (Å²) < 4.78 is 17.6. The van der Waals surface area contributed by atoms with Crippen molar-refractivity contribution in [3.05, 3.63) is 51.6 Å². The smallest absolute Gasteiger partial charge is 0.202 e. The number of benzene rings is 2. The van der Waals surface area contributed by atoms with Gasteiger partial charge < -0.3 is 49.5 Å². The number of piperazine rings is 1. The molecule has 6 rings (SSSR count). The topological polar surface area (TPSA) is 199 Å². The first kappa shape index (κ1) is 33.0. The van der Waals surface area contributed by atoms with Gasteiger partial charge in [-0.3, -0.25) is 19.4 Å². The normalized spacial score (nSPS) is 29.4. The maximum Gasteiger partial charge on any atom is 0.202 e. The quantitative estimate of drug-likeness (QED) is 0.133. The monoisotopic (exact) mass is 653 g/mol. The van der Waals surface area contributed by atoms with Gasteiger partial charge in [-0.15, -0.1) is 0 Å². The van der Waals surface area contributed by atoms with Crippen LogP contribution in [0.5, 0.6) is 17.2 Å². The van der Waals surface area contributed by atoms with Gasteiger partial charge in [0, 0.05) is 62.1 Å². The molecule has 3 unspecified atom stereocenters. The van der Waals surface area contributed by atoms with Gasteiger partial charge in [-0.1, -0.05) is 12.1 Å². The average molecular weight is 654 g/mol. The molecule has 2 aliphatic carbocycles. The first-order chi connectivity index (χ1) is 22.4. The Morgan fingerprint density at radius 1 is 1.11 bits per heavy atom. The lowest BCUT2D eigenvalue weighted by Crippen LogP contribution is -2.50. The number of fused-ring (bicyclic) bond motifs is 3. The number of aromatic hydroxyl groups is 2. The molecule has 2 saturated heterocycles. The van der Waals surface area contributed by atoms with Crippen molar-refractivity contribution in [3.8, 4) is 17.2 Å². The molecule has 2 heterocycles. The van der Waals surface area contributed by atoms with Crippen LogP contribution in [0.15, 0.2) is 23.2 Å². The van der Waals surface area contributed by atoms with Crippen molar-refractivity contribution in [2.75, 3.05) is 46.9 Å². The zero-order chi connectivity index (χ0) is 33.8. The van der Waals surface area contributed by atoms with E-state index < -0.39 is 95.7 Å². The summed E-state index contributed by atoms with van der Waals surface area (Å²) in [6.07, 6.45) is -3.40. The Morgan fingerprint density at radius 3 is 2.49 bits per heavy atom. The van der Waals surface area contributed by atoms with Crippen molar-refractivity contribution in [1.82, 2.24) is 9.80 Å². The van der Waals surface area contributed by atoms with Crippen molar-refractivity contribution in [2.24, 2.45) is 4.99 Å². The Balaban J connectivity index is 1.39. The molecule has 0 aromatic heterocycles. The molecule has 0 spiro atoms. The second-order valence-corrected chi connectivity index (χ2v) is 12.7. The Bertz CT molecular complexity index is 1640. The lowest BCUT2D eigenvalue weighted by Gasteiger charge is -2.42. The molecule has 5 N–H and O–H groups in total. The van der Waals surface area contributed by atoms with Gasteiger partial charge in [0.25, 0.3) is 0 Å². The number of carbonyl (C=O) groups is 3. The summed E-state index contributed by atoms with van der Waals surface area (Å²) in [6.45, 7) is 3.91. The highest BCUT2D eigenvalue weighted by Crippen LogP contribution is 2.52. The molecule has 2 aromatic rings. The second-order valence-electron chi connectivity index (χ2n) is 12.7. The van der Waals surface area contributed by atoms with Gasteiger partial charge in [0.1, 0.15) is 35.6 Å². The van der Waals surface area contributed by atoms with E-state index in [4.69, 9.17) is 14.2 Å². The zero-order valence-electron chi connectivity index (χ0n) is 26.4. The number of aliphatic hydroxyl groups is 3. The van der Waals surface area contributed by atoms with Gasteiger partial charge in [0.2, 0.25) is 5.78 Å². The highest BCUT2D eigenvalue weighted by molar-refractivity contribution is 6.31. The van der Waals surface area contributed by atoms with Crippen LogP contribution in [0.4, 0.5) is 0 Å². The van der Waals surface area contributed by atoms with Crippen LogP contribution < -0.4 is 4.74 Å². The maximum absolute atomic E-state index is 13.9. The van der Waals surface area contributed by atoms with Crippen LogP contribution in [0, 0.1) is 0 Å². The molecule has 2 aromatic carbocycles. The Labute approximate surface area is 270 Å². The number of carbonyl (C=O) groups excluding carboxylic acids is 3. The predicted octanol–water partition coefficient (Wildman–Crippen LogP) is 0.318. The number of hydrogen-bond acceptors (Lipinski definition) is 13. The minimum Gasteiger partial charge on any atom is -0.507 e. The third-order valence-electron chi connectivity index (χ3n) is 9.69. The summed E-state index contributed by atoms with van der Waals surface area (Å²) in [5, 5.41) is 55.3. The molecule has 252 valence electrons. The van der Waals surface area contributed by atoms with Gasteiger partial charge in [-0.05, 0) is 20.0 Å². The fourth-order valence-electron chi connectivity index (χ4n) is 6.96. The SMILES string of the molecule is COc1cccc2c1C(=O)c1c(O)c3c(c(O)c1C2=O)CC(O)(C(=O)CO)C[C@@H]3OC1C[C@H](N=CN2CCN(C)CC2)[C@H](O)C(C)O1. The van der Waals surface area contributed by atoms with Crippen LogP contribution in [-0.4, -0.2) is 136 Å². The summed E-state index contributed by atoms with van der Waals surface area (Å²) in [5.74, 6) is -3.74. The third-order valence-corrected chi connectivity index (χ3v) is 9.69. The summed E-state index contributed by atoms with van der Waals surface area (Å²) in [4.78, 5) is 49.3. The molecule has 14 heteroatoms. The van der Waals surface area contributed by atoms with Gasteiger partial charge >= 0.3 is 0 Å². The molecule has 47 heavy (non-hydrogen) atoms. The number of aliphatic imine (C=N–C) groups is 1. The van der Waals surface area contributed by atoms with Crippen LogP contribution in [0.2, 0.25) is 0 Å². The number of aliphatic hydroxyl groups excluding tert-OH is 2. The lowest BCUT2D eigenvalue weighted by molar-refractivity contribution is -0.247. The van der Waals surface area contributed by atoms with Crippen LogP contribution in [-0.2, 0) is 20.7 Å². The summed E-state index contributed by atoms with van der Waals surface area (Å²) in [5.41, 5.74) is -3.60. The first-order valence-corrected chi connectivity index (χ1v) is 15.6. The Kier molecular flexibility index (Phi) is 8.84. The van der Waals surface area contributed by atoms with Gasteiger partial charge in [-0.2, -0.15) is 0 Å². The molecule has 4 aliphatic rings. The van der Waals surface area contributed by atoms with Crippen molar-refractivity contribution >= 4 is 23.7 Å². The van der Waals surface area contributed by atoms with E-state index in [2.05, 4.69) is 14.8 Å². The zero-order valence-corrected chi connectivity index (χ0v) is 26.4. The Hall–Kier alpha value is -3.92. The van der Waals surface area contributed by atoms with E-state index in [0.29, 0.717) is 0 Å². The maximum atomic E-state index is 13.9. The van der Waals surface area contributed by atoms with Crippen LogP contribution in [0.3, 0.4) is 0 Å². The van der Waals surface area contributed by atoms with Crippen LogP contribution >= 0.6 is 0 Å². The number of phenols is 2. The number of phenolic OH excluding ortho intramolecular Hbond substituents is 2. The highest BCUT2D eigenvalue weighted by Gasteiger charge is 2.50. The molecule has 2 aliphatic heterocycles. The van der Waals surface area contributed by atoms with E-state index in [1.165, 1.54) is 25.3 Å². The number of ketones is 3. The second kappa shape index (κ2) is 12.6. The number of methoxy groups -OCH3 is 1. The predicted molar refractivity (Wildman–Crippen MR) is 165 cm³/mol. The molecule has 6 atom stereocenters. The van der Waals surface area contributed by atoms with E-state index in [1.54, 1.807) is 13.3 Å². The van der Waals surface area contributed by atoms with E-state index in [-0.39, 0.29) is 34.4 Å². The minimum absolute atomic E-state index is 0.0480. The number of ether oxygens (including phenoxy) is 3. The molecule has 0 saturated carbocycles. The van der Waals surface area contributed by atoms with E-state index in [0.717, 1.165) is 26.2 Å². The fraction of sp³-hybridized carbons (Fsp3) is 0.515. The molecular weight excluding hydrogens is 614 g/mol. The molecule has 14 nitrogen and oxygen atoms in total. The summed E-state index contributed by atoms with van der Waals surface area (Å²) in [7, 11) is 3.37. The van der Waals surface area contributed by atoms with Crippen molar-refractivity contribution in [1.29, 1.82) is 0 Å². The van der Waals surface area contributed by atoms with Gasteiger partial charge in [0.15, 0.2) is 17.9 Å². The first-order valence-electron chi connectivity index (χ1n) is 15.6. The number of nitrogens with zero attached hydrogens (tertiary/aromatic N) is 3. The van der Waals surface area contributed by atoms with Gasteiger partial charge in [-0.25, -0.2) is 0 Å². The summed E-state index contributed by atoms with van der Waals surface area (Å²) in [6, 6.07) is 3.76. The molecule has 2 fully saturated rings. The molecule has 0 radical (unpaired) electrons. The fourth-order valence-corrected chi connectivity index (χ4v) is 6.96. The number of hydrogen-bond donors (Lipinski definition) is 5. The van der Waals surface area contributed by atoms with Crippen molar-refractivity contribution < 1.29 is 54.1 Å². The molecule has 0 amide bonds. The van der Waals surface area contributed by atoms with Crippen LogP contribution in [0.25, 0.3) is 0 Å². The standard InChI is InChI=1S/C33H39N3O11/c1-16-28(39)19(34-15-36-9-7-35(2)8-10-36)11-23(46-16)47-21-13-33(44,22(38)14-37)12-18-25(21)32(43)27-26(30(18)41)29(40)17-5-4-6-20(45-3)24(17)31(27)42/h4-6,15-16,19,21,23,28,37,39,41,43-44H,7-14H2,1-3H3/t16?,19-,21-,23?,28+,33?/m0/s1. The van der Waals surface area contributed by atoms with E-state index >= 15 is 0 Å². The number of Topliss-reactive ketones (excluding diaryl/α,β-unsaturated/α-hetero) is 1. The van der Waals surface area contributed by atoms with E-state index in [9.17, 15) is 39.9 Å².